The summed E-state index contributed by atoms with van der Waals surface area (Å²) in [7, 11) is 0. The molecule has 6 heteroatoms. The lowest BCUT2D eigenvalue weighted by molar-refractivity contribution is 0.101. The van der Waals surface area contributed by atoms with Gasteiger partial charge in [0.15, 0.2) is 0 Å². The van der Waals surface area contributed by atoms with Crippen molar-refractivity contribution in [1.29, 1.82) is 0 Å². The number of rotatable bonds is 3. The first-order valence-electron chi connectivity index (χ1n) is 5.59. The summed E-state index contributed by atoms with van der Waals surface area (Å²) >= 11 is 3.44. The van der Waals surface area contributed by atoms with Gasteiger partial charge in [-0.2, -0.15) is 0 Å². The maximum atomic E-state index is 11.9. The summed E-state index contributed by atoms with van der Waals surface area (Å²) < 4.78 is 0.865. The average molecular weight is 309 g/mol. The molecule has 0 unspecified atom stereocenters. The Kier molecular flexibility index (Phi) is 3.76. The molecule has 0 fully saturated rings. The van der Waals surface area contributed by atoms with Crippen LogP contribution >= 0.6 is 15.9 Å². The number of benzene rings is 1. The lowest BCUT2D eigenvalue weighted by atomic mass is 10.2. The van der Waals surface area contributed by atoms with Crippen molar-refractivity contribution in [1.82, 2.24) is 15.2 Å². The van der Waals surface area contributed by atoms with Gasteiger partial charge in [0.2, 0.25) is 5.82 Å². The molecular formula is C12H13BrN4O. The van der Waals surface area contributed by atoms with E-state index in [2.05, 4.69) is 36.4 Å². The maximum Gasteiger partial charge on any atom is 0.295 e. The molecule has 0 atom stereocenters. The molecule has 94 valence electrons. The van der Waals surface area contributed by atoms with Crippen molar-refractivity contribution >= 4 is 27.5 Å². The van der Waals surface area contributed by atoms with E-state index in [4.69, 9.17) is 0 Å². The van der Waals surface area contributed by atoms with E-state index in [1.807, 2.05) is 32.0 Å². The molecule has 2 aromatic rings. The van der Waals surface area contributed by atoms with Crippen molar-refractivity contribution in [2.75, 3.05) is 5.32 Å². The number of nitrogens with zero attached hydrogens (tertiary/aromatic N) is 2. The normalized spacial score (nSPS) is 10.4. The minimum absolute atomic E-state index is 0.153. The molecule has 0 spiro atoms. The van der Waals surface area contributed by atoms with Crippen LogP contribution in [0, 0.1) is 6.92 Å². The summed E-state index contributed by atoms with van der Waals surface area (Å²) in [4.78, 5) is 16.0. The molecule has 0 aliphatic rings. The molecule has 0 bridgehead atoms. The van der Waals surface area contributed by atoms with Crippen LogP contribution in [0.15, 0.2) is 22.7 Å². The predicted octanol–water partition coefficient (Wildman–Crippen LogP) is 2.69. The Balaban J connectivity index is 2.18. The molecule has 0 radical (unpaired) electrons. The Morgan fingerprint density at radius 1 is 1.50 bits per heavy atom. The maximum absolute atomic E-state index is 11.9. The van der Waals surface area contributed by atoms with Gasteiger partial charge in [0.25, 0.3) is 5.91 Å². The molecule has 1 heterocycles. The number of H-pyrrole nitrogens is 1. The topological polar surface area (TPSA) is 70.7 Å². The van der Waals surface area contributed by atoms with E-state index in [9.17, 15) is 4.79 Å². The number of carbonyl (C=O) groups is 1. The number of carbonyl (C=O) groups excluding carboxylic acids is 1. The molecule has 2 rings (SSSR count). The highest BCUT2D eigenvalue weighted by atomic mass is 79.9. The van der Waals surface area contributed by atoms with Gasteiger partial charge in [0.05, 0.1) is 5.69 Å². The Morgan fingerprint density at radius 2 is 2.28 bits per heavy atom. The van der Waals surface area contributed by atoms with E-state index < -0.39 is 0 Å². The Labute approximate surface area is 113 Å². The molecule has 18 heavy (non-hydrogen) atoms. The second-order valence-corrected chi connectivity index (χ2v) is 4.64. The standard InChI is InChI=1S/C12H13BrN4O/c1-3-9-15-11(17-16-9)12(18)14-8-6-4-5-7(2)10(8)13/h4-6H,3H2,1-2H3,(H,14,18)(H,15,16,17). The van der Waals surface area contributed by atoms with Crippen LogP contribution < -0.4 is 5.32 Å². The third-order valence-corrected chi connectivity index (χ3v) is 3.56. The second kappa shape index (κ2) is 5.30. The van der Waals surface area contributed by atoms with Crippen LogP contribution in [0.4, 0.5) is 5.69 Å². The van der Waals surface area contributed by atoms with Gasteiger partial charge in [-0.05, 0) is 34.5 Å². The summed E-state index contributed by atoms with van der Waals surface area (Å²) in [5.74, 6) is 0.529. The predicted molar refractivity (Wildman–Crippen MR) is 72.6 cm³/mol. The third kappa shape index (κ3) is 2.59. The Morgan fingerprint density at radius 3 is 2.94 bits per heavy atom. The average Bonchev–Trinajstić information content (AvgIpc) is 2.83. The number of aromatic nitrogens is 3. The van der Waals surface area contributed by atoms with Gasteiger partial charge in [-0.15, -0.1) is 5.10 Å². The first-order valence-corrected chi connectivity index (χ1v) is 6.39. The van der Waals surface area contributed by atoms with Crippen LogP contribution in [0.3, 0.4) is 0 Å². The third-order valence-electron chi connectivity index (χ3n) is 2.51. The number of nitrogens with one attached hydrogen (secondary N) is 2. The number of aryl methyl sites for hydroxylation is 2. The number of hydrogen-bond donors (Lipinski definition) is 2. The van der Waals surface area contributed by atoms with E-state index in [1.54, 1.807) is 0 Å². The molecule has 2 N–H and O–H groups in total. The fraction of sp³-hybridized carbons (Fsp3) is 0.250. The number of aromatic amines is 1. The molecule has 1 amide bonds. The van der Waals surface area contributed by atoms with Crippen molar-refractivity contribution in [3.05, 3.63) is 39.9 Å². The van der Waals surface area contributed by atoms with Gasteiger partial charge in [0, 0.05) is 10.9 Å². The van der Waals surface area contributed by atoms with Crippen molar-refractivity contribution in [2.24, 2.45) is 0 Å². The Hall–Kier alpha value is -1.69. The highest BCUT2D eigenvalue weighted by Gasteiger charge is 2.13. The summed E-state index contributed by atoms with van der Waals surface area (Å²) in [6.07, 6.45) is 0.717. The molecule has 0 aliphatic carbocycles. The number of amides is 1. The molecule has 0 aliphatic heterocycles. The van der Waals surface area contributed by atoms with Crippen LogP contribution in [0.2, 0.25) is 0 Å². The second-order valence-electron chi connectivity index (χ2n) is 3.85. The van der Waals surface area contributed by atoms with Crippen LogP contribution in [0.25, 0.3) is 0 Å². The monoisotopic (exact) mass is 308 g/mol. The minimum Gasteiger partial charge on any atom is -0.318 e. The fourth-order valence-corrected chi connectivity index (χ4v) is 1.84. The van der Waals surface area contributed by atoms with E-state index in [0.717, 1.165) is 10.0 Å². The summed E-state index contributed by atoms with van der Waals surface area (Å²) in [5, 5.41) is 9.36. The smallest absolute Gasteiger partial charge is 0.295 e. The van der Waals surface area contributed by atoms with E-state index in [0.29, 0.717) is 17.9 Å². The molecule has 1 aromatic carbocycles. The van der Waals surface area contributed by atoms with Gasteiger partial charge < -0.3 is 5.32 Å². The highest BCUT2D eigenvalue weighted by Crippen LogP contribution is 2.25. The molecular weight excluding hydrogens is 296 g/mol. The van der Waals surface area contributed by atoms with Crippen LogP contribution in [0.5, 0.6) is 0 Å². The van der Waals surface area contributed by atoms with Gasteiger partial charge in [-0.3, -0.25) is 9.89 Å². The largest absolute Gasteiger partial charge is 0.318 e. The zero-order chi connectivity index (χ0) is 13.1. The quantitative estimate of drug-likeness (QED) is 0.916. The van der Waals surface area contributed by atoms with Crippen molar-refractivity contribution in [2.45, 2.75) is 20.3 Å². The summed E-state index contributed by atoms with van der Waals surface area (Å²) in [6.45, 7) is 3.90. The van der Waals surface area contributed by atoms with Gasteiger partial charge >= 0.3 is 0 Å². The first-order chi connectivity index (χ1) is 8.61. The van der Waals surface area contributed by atoms with E-state index in [-0.39, 0.29) is 11.7 Å². The van der Waals surface area contributed by atoms with E-state index >= 15 is 0 Å². The van der Waals surface area contributed by atoms with Crippen molar-refractivity contribution in [3.63, 3.8) is 0 Å². The lowest BCUT2D eigenvalue weighted by Gasteiger charge is -2.07. The molecule has 5 nitrogen and oxygen atoms in total. The number of halogens is 1. The highest BCUT2D eigenvalue weighted by molar-refractivity contribution is 9.10. The zero-order valence-electron chi connectivity index (χ0n) is 10.1. The summed E-state index contributed by atoms with van der Waals surface area (Å²) in [6, 6.07) is 5.66. The SMILES string of the molecule is CCc1nc(C(=O)Nc2cccc(C)c2Br)n[nH]1. The molecule has 1 aromatic heterocycles. The minimum atomic E-state index is -0.322. The van der Waals surface area contributed by atoms with Gasteiger partial charge in [-0.25, -0.2) is 4.98 Å². The number of hydrogen-bond acceptors (Lipinski definition) is 3. The first kappa shape index (κ1) is 12.8. The Bertz CT molecular complexity index is 579. The van der Waals surface area contributed by atoms with E-state index in [1.165, 1.54) is 0 Å². The zero-order valence-corrected chi connectivity index (χ0v) is 11.7. The lowest BCUT2D eigenvalue weighted by Crippen LogP contribution is -2.14. The number of anilines is 1. The van der Waals surface area contributed by atoms with Gasteiger partial charge in [0.1, 0.15) is 5.82 Å². The van der Waals surface area contributed by atoms with Crippen molar-refractivity contribution < 1.29 is 4.79 Å². The van der Waals surface area contributed by atoms with Crippen LogP contribution in [-0.2, 0) is 6.42 Å². The van der Waals surface area contributed by atoms with Crippen molar-refractivity contribution in [3.8, 4) is 0 Å². The molecule has 0 saturated carbocycles. The molecule has 0 saturated heterocycles. The summed E-state index contributed by atoms with van der Waals surface area (Å²) in [5.41, 5.74) is 1.76. The fourth-order valence-electron chi connectivity index (χ4n) is 1.48. The van der Waals surface area contributed by atoms with Crippen LogP contribution in [0.1, 0.15) is 28.9 Å². The van der Waals surface area contributed by atoms with Gasteiger partial charge in [-0.1, -0.05) is 19.1 Å². The van der Waals surface area contributed by atoms with Crippen LogP contribution in [-0.4, -0.2) is 21.1 Å².